The molecule has 0 fully saturated rings. The Kier molecular flexibility index (Phi) is 2.64. The number of rotatable bonds is 3. The molecule has 0 spiro atoms. The maximum Gasteiger partial charge on any atom is 0.123 e. The highest BCUT2D eigenvalue weighted by Gasteiger charge is 2.03. The first kappa shape index (κ1) is 10.1. The highest BCUT2D eigenvalue weighted by atomic mass is 16.5. The van der Waals surface area contributed by atoms with E-state index in [9.17, 15) is 0 Å². The first-order valence-corrected chi connectivity index (χ1v) is 5.13. The molecule has 2 N–H and O–H groups in total. The van der Waals surface area contributed by atoms with Gasteiger partial charge in [0, 0.05) is 17.3 Å². The van der Waals surface area contributed by atoms with Crippen molar-refractivity contribution in [1.82, 2.24) is 4.57 Å². The number of benzene rings is 1. The lowest BCUT2D eigenvalue weighted by Gasteiger charge is -2.09. The molecule has 80 valence electrons. The summed E-state index contributed by atoms with van der Waals surface area (Å²) >= 11 is 0. The standard InChI is InChI=1S/C12H16N2O/c1-9(2)15-8-14-7-6-10-11(13)4-3-5-12(10)14/h3-7,9H,8,13H2,1-2H3. The third kappa shape index (κ3) is 1.97. The largest absolute Gasteiger partial charge is 0.398 e. The van der Waals surface area contributed by atoms with Crippen LogP contribution >= 0.6 is 0 Å². The third-order valence-corrected chi connectivity index (χ3v) is 2.39. The van der Waals surface area contributed by atoms with Gasteiger partial charge in [0.05, 0.1) is 11.6 Å². The van der Waals surface area contributed by atoms with E-state index in [-0.39, 0.29) is 6.10 Å². The Balaban J connectivity index is 2.33. The van der Waals surface area contributed by atoms with Gasteiger partial charge in [0.1, 0.15) is 6.73 Å². The van der Waals surface area contributed by atoms with Gasteiger partial charge in [-0.05, 0) is 32.0 Å². The van der Waals surface area contributed by atoms with Crippen LogP contribution in [0.15, 0.2) is 30.5 Å². The Morgan fingerprint density at radius 1 is 1.33 bits per heavy atom. The molecule has 0 amide bonds. The number of aromatic nitrogens is 1. The van der Waals surface area contributed by atoms with Crippen LogP contribution in [0.2, 0.25) is 0 Å². The monoisotopic (exact) mass is 204 g/mol. The molecule has 1 aromatic heterocycles. The minimum atomic E-state index is 0.239. The van der Waals surface area contributed by atoms with Crippen molar-refractivity contribution in [2.24, 2.45) is 0 Å². The fraction of sp³-hybridized carbons (Fsp3) is 0.333. The van der Waals surface area contributed by atoms with E-state index in [0.29, 0.717) is 6.73 Å². The SMILES string of the molecule is CC(C)OCn1ccc2c(N)cccc21. The van der Waals surface area contributed by atoms with Gasteiger partial charge in [-0.2, -0.15) is 0 Å². The molecule has 1 heterocycles. The highest BCUT2D eigenvalue weighted by Crippen LogP contribution is 2.21. The number of anilines is 1. The molecule has 0 saturated carbocycles. The minimum absolute atomic E-state index is 0.239. The molecule has 0 aliphatic heterocycles. The van der Waals surface area contributed by atoms with Crippen molar-refractivity contribution in [1.29, 1.82) is 0 Å². The summed E-state index contributed by atoms with van der Waals surface area (Å²) in [6.45, 7) is 4.63. The van der Waals surface area contributed by atoms with Crippen molar-refractivity contribution in [3.8, 4) is 0 Å². The molecular formula is C12H16N2O. The first-order chi connectivity index (χ1) is 7.18. The van der Waals surface area contributed by atoms with Gasteiger partial charge in [0.25, 0.3) is 0 Å². The molecule has 15 heavy (non-hydrogen) atoms. The molecule has 2 rings (SSSR count). The van der Waals surface area contributed by atoms with E-state index in [1.165, 1.54) is 0 Å². The van der Waals surface area contributed by atoms with Gasteiger partial charge in [-0.25, -0.2) is 0 Å². The predicted octanol–water partition coefficient (Wildman–Crippen LogP) is 2.61. The summed E-state index contributed by atoms with van der Waals surface area (Å²) in [6.07, 6.45) is 2.24. The summed E-state index contributed by atoms with van der Waals surface area (Å²) in [5.41, 5.74) is 7.81. The van der Waals surface area contributed by atoms with E-state index in [0.717, 1.165) is 16.6 Å². The zero-order valence-electron chi connectivity index (χ0n) is 9.10. The van der Waals surface area contributed by atoms with Crippen LogP contribution < -0.4 is 5.73 Å². The second kappa shape index (κ2) is 3.95. The Morgan fingerprint density at radius 3 is 2.87 bits per heavy atom. The zero-order valence-corrected chi connectivity index (χ0v) is 9.10. The Morgan fingerprint density at radius 2 is 2.13 bits per heavy atom. The molecule has 0 unspecified atom stereocenters. The second-order valence-corrected chi connectivity index (χ2v) is 3.91. The lowest BCUT2D eigenvalue weighted by molar-refractivity contribution is 0.0310. The lowest BCUT2D eigenvalue weighted by atomic mass is 10.2. The van der Waals surface area contributed by atoms with Gasteiger partial charge in [-0.1, -0.05) is 6.07 Å². The molecule has 3 nitrogen and oxygen atoms in total. The van der Waals surface area contributed by atoms with Gasteiger partial charge in [0.2, 0.25) is 0 Å². The van der Waals surface area contributed by atoms with E-state index >= 15 is 0 Å². The average molecular weight is 204 g/mol. The molecule has 0 aliphatic rings. The summed E-state index contributed by atoms with van der Waals surface area (Å²) in [7, 11) is 0. The van der Waals surface area contributed by atoms with Crippen LogP contribution in [0.5, 0.6) is 0 Å². The van der Waals surface area contributed by atoms with Crippen LogP contribution in [0, 0.1) is 0 Å². The van der Waals surface area contributed by atoms with Gasteiger partial charge in [-0.15, -0.1) is 0 Å². The van der Waals surface area contributed by atoms with Crippen molar-refractivity contribution in [3.05, 3.63) is 30.5 Å². The van der Waals surface area contributed by atoms with Gasteiger partial charge in [0.15, 0.2) is 0 Å². The van der Waals surface area contributed by atoms with Crippen molar-refractivity contribution in [2.45, 2.75) is 26.7 Å². The van der Waals surface area contributed by atoms with Gasteiger partial charge < -0.3 is 15.0 Å². The lowest BCUT2D eigenvalue weighted by Crippen LogP contribution is -2.07. The van der Waals surface area contributed by atoms with Crippen LogP contribution in [-0.2, 0) is 11.5 Å². The third-order valence-electron chi connectivity index (χ3n) is 2.39. The van der Waals surface area contributed by atoms with E-state index in [1.54, 1.807) is 0 Å². The average Bonchev–Trinajstić information content (AvgIpc) is 2.59. The number of ether oxygens (including phenoxy) is 1. The van der Waals surface area contributed by atoms with E-state index in [4.69, 9.17) is 10.5 Å². The van der Waals surface area contributed by atoms with E-state index in [2.05, 4.69) is 10.6 Å². The number of nitrogens with two attached hydrogens (primary N) is 1. The summed E-state index contributed by atoms with van der Waals surface area (Å²) < 4.78 is 7.62. The number of nitrogen functional groups attached to an aromatic ring is 1. The molecule has 0 saturated heterocycles. The smallest absolute Gasteiger partial charge is 0.123 e. The van der Waals surface area contributed by atoms with Crippen LogP contribution in [-0.4, -0.2) is 10.7 Å². The molecule has 0 bridgehead atoms. The Hall–Kier alpha value is -1.48. The van der Waals surface area contributed by atoms with Crippen molar-refractivity contribution >= 4 is 16.6 Å². The molecule has 0 aliphatic carbocycles. The normalized spacial score (nSPS) is 11.4. The number of fused-ring (bicyclic) bond motifs is 1. The molecule has 0 atom stereocenters. The topological polar surface area (TPSA) is 40.2 Å². The van der Waals surface area contributed by atoms with Gasteiger partial charge in [-0.3, -0.25) is 0 Å². The molecular weight excluding hydrogens is 188 g/mol. The Bertz CT molecular complexity index is 460. The van der Waals surface area contributed by atoms with Crippen molar-refractivity contribution in [3.63, 3.8) is 0 Å². The Labute approximate surface area is 89.4 Å². The fourth-order valence-electron chi connectivity index (χ4n) is 1.59. The maximum atomic E-state index is 5.87. The molecule has 2 aromatic rings. The van der Waals surface area contributed by atoms with Crippen LogP contribution in [0.25, 0.3) is 10.9 Å². The number of nitrogens with zero attached hydrogens (tertiary/aromatic N) is 1. The maximum absolute atomic E-state index is 5.87. The number of hydrogen-bond donors (Lipinski definition) is 1. The summed E-state index contributed by atoms with van der Waals surface area (Å²) in [5, 5.41) is 1.09. The highest BCUT2D eigenvalue weighted by molar-refractivity contribution is 5.91. The first-order valence-electron chi connectivity index (χ1n) is 5.13. The zero-order chi connectivity index (χ0) is 10.8. The minimum Gasteiger partial charge on any atom is -0.398 e. The van der Waals surface area contributed by atoms with Crippen LogP contribution in [0.3, 0.4) is 0 Å². The van der Waals surface area contributed by atoms with Crippen LogP contribution in [0.4, 0.5) is 5.69 Å². The molecule has 1 aromatic carbocycles. The number of hydrogen-bond acceptors (Lipinski definition) is 2. The summed E-state index contributed by atoms with van der Waals surface area (Å²) in [4.78, 5) is 0. The summed E-state index contributed by atoms with van der Waals surface area (Å²) in [5.74, 6) is 0. The fourth-order valence-corrected chi connectivity index (χ4v) is 1.59. The van der Waals surface area contributed by atoms with Crippen molar-refractivity contribution in [2.75, 3.05) is 5.73 Å². The van der Waals surface area contributed by atoms with E-state index < -0.39 is 0 Å². The van der Waals surface area contributed by atoms with Crippen LogP contribution in [0.1, 0.15) is 13.8 Å². The second-order valence-electron chi connectivity index (χ2n) is 3.91. The van der Waals surface area contributed by atoms with E-state index in [1.807, 2.05) is 38.2 Å². The van der Waals surface area contributed by atoms with Crippen molar-refractivity contribution < 1.29 is 4.74 Å². The predicted molar refractivity (Wildman–Crippen MR) is 62.6 cm³/mol. The molecule has 0 radical (unpaired) electrons. The quantitative estimate of drug-likeness (QED) is 0.781. The van der Waals surface area contributed by atoms with Gasteiger partial charge >= 0.3 is 0 Å². The summed E-state index contributed by atoms with van der Waals surface area (Å²) in [6, 6.07) is 7.95. The molecule has 3 heteroatoms.